The summed E-state index contributed by atoms with van der Waals surface area (Å²) >= 11 is 3.39. The third-order valence-electron chi connectivity index (χ3n) is 4.69. The maximum atomic E-state index is 13.1. The molecule has 0 saturated heterocycles. The zero-order valence-corrected chi connectivity index (χ0v) is 18.1. The molecule has 2 heterocycles. The first-order valence-electron chi connectivity index (χ1n) is 9.12. The second kappa shape index (κ2) is 9.03. The Morgan fingerprint density at radius 3 is 2.61 bits per heavy atom. The van der Waals surface area contributed by atoms with Crippen LogP contribution >= 0.6 is 15.9 Å². The molecule has 152 valence electrons. The minimum Gasteiger partial charge on any atom is -0.317 e. The van der Waals surface area contributed by atoms with Crippen molar-refractivity contribution in [1.82, 2.24) is 14.5 Å². The highest BCUT2D eigenvalue weighted by Crippen LogP contribution is 2.38. The smallest absolute Gasteiger partial charge is 0.317 e. The van der Waals surface area contributed by atoms with E-state index in [4.69, 9.17) is 0 Å². The van der Waals surface area contributed by atoms with Gasteiger partial charge in [0.2, 0.25) is 0 Å². The predicted octanol–water partition coefficient (Wildman–Crippen LogP) is 5.28. The summed E-state index contributed by atoms with van der Waals surface area (Å²) in [6, 6.07) is 1.87. The van der Waals surface area contributed by atoms with E-state index in [2.05, 4.69) is 30.9 Å². The Hall–Kier alpha value is -1.96. The van der Waals surface area contributed by atoms with Gasteiger partial charge in [-0.05, 0) is 40.4 Å². The molecule has 0 aromatic carbocycles. The van der Waals surface area contributed by atoms with E-state index >= 15 is 0 Å². The van der Waals surface area contributed by atoms with Crippen molar-refractivity contribution < 1.29 is 13.2 Å². The number of halogens is 4. The van der Waals surface area contributed by atoms with Gasteiger partial charge >= 0.3 is 6.18 Å². The Balaban J connectivity index is 0.00000136. The molecule has 4 nitrogen and oxygen atoms in total. The molecule has 2 atom stereocenters. The summed E-state index contributed by atoms with van der Waals surface area (Å²) in [7, 11) is 1.86. The number of hydrogen-bond donors (Lipinski definition) is 0. The van der Waals surface area contributed by atoms with Crippen LogP contribution in [0.2, 0.25) is 0 Å². The van der Waals surface area contributed by atoms with Crippen LogP contribution in [0.15, 0.2) is 45.5 Å². The van der Waals surface area contributed by atoms with Crippen LogP contribution in [0.4, 0.5) is 13.2 Å². The van der Waals surface area contributed by atoms with E-state index in [1.165, 1.54) is 12.2 Å². The monoisotopic (exact) mass is 456 g/mol. The van der Waals surface area contributed by atoms with Crippen molar-refractivity contribution >= 4 is 27.0 Å². The standard InChI is InChI=1S/C18H18BrF3N4.C2H6/c1-10-12(5-4-6-15(10)18(20,21)22)8-23-16-14-7-13(19)9-24-17(14)26(3)11(2)25-16;1-2/h4-7,9-10,15H,8H2,1-3H3;1-2H3. The molecule has 0 aliphatic heterocycles. The molecule has 0 spiro atoms. The molecule has 0 N–H and O–H groups in total. The highest BCUT2D eigenvalue weighted by molar-refractivity contribution is 9.10. The minimum absolute atomic E-state index is 0.167. The van der Waals surface area contributed by atoms with Gasteiger partial charge in [-0.3, -0.25) is 4.99 Å². The summed E-state index contributed by atoms with van der Waals surface area (Å²) in [4.78, 5) is 13.4. The maximum absolute atomic E-state index is 13.1. The number of rotatable bonds is 2. The Morgan fingerprint density at radius 1 is 1.29 bits per heavy atom. The Morgan fingerprint density at radius 2 is 1.96 bits per heavy atom. The number of allylic oxidation sites excluding steroid dienone is 3. The molecular formula is C20H24BrF3N4. The van der Waals surface area contributed by atoms with E-state index in [0.717, 1.165) is 21.3 Å². The van der Waals surface area contributed by atoms with Gasteiger partial charge in [-0.2, -0.15) is 13.2 Å². The average molecular weight is 457 g/mol. The number of pyridine rings is 1. The zero-order valence-electron chi connectivity index (χ0n) is 16.5. The Bertz CT molecular complexity index is 974. The van der Waals surface area contributed by atoms with Crippen molar-refractivity contribution in [3.63, 3.8) is 0 Å². The number of hydrogen-bond acceptors (Lipinski definition) is 3. The van der Waals surface area contributed by atoms with Crippen molar-refractivity contribution in [2.45, 2.75) is 33.9 Å². The van der Waals surface area contributed by atoms with Gasteiger partial charge in [0.05, 0.1) is 17.8 Å². The van der Waals surface area contributed by atoms with Crippen LogP contribution in [0, 0.1) is 18.8 Å². The van der Waals surface area contributed by atoms with Crippen LogP contribution in [0.3, 0.4) is 0 Å². The van der Waals surface area contributed by atoms with Crippen molar-refractivity contribution in [1.29, 1.82) is 0 Å². The van der Waals surface area contributed by atoms with Gasteiger partial charge < -0.3 is 4.57 Å². The van der Waals surface area contributed by atoms with Crippen LogP contribution in [-0.2, 0) is 7.05 Å². The Labute approximate surface area is 171 Å². The fourth-order valence-electron chi connectivity index (χ4n) is 3.03. The van der Waals surface area contributed by atoms with Gasteiger partial charge in [-0.25, -0.2) is 9.97 Å². The van der Waals surface area contributed by atoms with Gasteiger partial charge in [0.1, 0.15) is 11.5 Å². The minimum atomic E-state index is -4.26. The average Bonchev–Trinajstić information content (AvgIpc) is 2.65. The first-order chi connectivity index (χ1) is 13.2. The summed E-state index contributed by atoms with van der Waals surface area (Å²) in [6.45, 7) is 7.59. The molecule has 2 unspecified atom stereocenters. The normalized spacial score (nSPS) is 20.0. The SMILES string of the molecule is CC.Cc1nc(=NCC2=CC=CC(C(F)(F)F)C2C)c2cc(Br)cnc2n1C. The topological polar surface area (TPSA) is 43.1 Å². The summed E-state index contributed by atoms with van der Waals surface area (Å²) in [5, 5.41) is 0.749. The van der Waals surface area contributed by atoms with Gasteiger partial charge in [0.25, 0.3) is 0 Å². The van der Waals surface area contributed by atoms with Gasteiger partial charge in [0.15, 0.2) is 5.49 Å². The Kier molecular flexibility index (Phi) is 7.20. The van der Waals surface area contributed by atoms with Crippen LogP contribution in [0.1, 0.15) is 26.6 Å². The van der Waals surface area contributed by atoms with Crippen molar-refractivity contribution in [2.75, 3.05) is 6.54 Å². The molecule has 2 aromatic heterocycles. The maximum Gasteiger partial charge on any atom is 0.395 e. The molecule has 3 rings (SSSR count). The molecule has 28 heavy (non-hydrogen) atoms. The number of alkyl halides is 3. The number of aryl methyl sites for hydroxylation is 2. The van der Waals surface area contributed by atoms with Gasteiger partial charge in [0, 0.05) is 17.7 Å². The lowest BCUT2D eigenvalue weighted by atomic mass is 9.83. The summed E-state index contributed by atoms with van der Waals surface area (Å²) in [5.74, 6) is -1.40. The van der Waals surface area contributed by atoms with E-state index < -0.39 is 18.0 Å². The highest BCUT2D eigenvalue weighted by Gasteiger charge is 2.42. The lowest BCUT2D eigenvalue weighted by Crippen LogP contribution is -2.30. The van der Waals surface area contributed by atoms with Crippen LogP contribution in [-0.4, -0.2) is 27.3 Å². The van der Waals surface area contributed by atoms with E-state index in [0.29, 0.717) is 11.1 Å². The van der Waals surface area contributed by atoms with Gasteiger partial charge in [-0.1, -0.05) is 39.0 Å². The summed E-state index contributed by atoms with van der Waals surface area (Å²) in [5.41, 5.74) is 1.84. The molecule has 1 aliphatic rings. The van der Waals surface area contributed by atoms with Crippen molar-refractivity contribution in [3.8, 4) is 0 Å². The summed E-state index contributed by atoms with van der Waals surface area (Å²) < 4.78 is 42.1. The molecule has 8 heteroatoms. The zero-order chi connectivity index (χ0) is 21.1. The third-order valence-corrected chi connectivity index (χ3v) is 5.12. The lowest BCUT2D eigenvalue weighted by Gasteiger charge is -2.27. The highest BCUT2D eigenvalue weighted by atomic mass is 79.9. The fourth-order valence-corrected chi connectivity index (χ4v) is 3.36. The first kappa shape index (κ1) is 22.3. The predicted molar refractivity (Wildman–Crippen MR) is 109 cm³/mol. The summed E-state index contributed by atoms with van der Waals surface area (Å²) in [6.07, 6.45) is 1.81. The van der Waals surface area contributed by atoms with E-state index in [-0.39, 0.29) is 6.54 Å². The number of nitrogens with zero attached hydrogens (tertiary/aromatic N) is 4. The molecule has 0 amide bonds. The number of aromatic nitrogens is 3. The molecule has 0 radical (unpaired) electrons. The lowest BCUT2D eigenvalue weighted by molar-refractivity contribution is -0.169. The van der Waals surface area contributed by atoms with E-state index in [1.807, 2.05) is 38.5 Å². The van der Waals surface area contributed by atoms with E-state index in [1.54, 1.807) is 19.2 Å². The van der Waals surface area contributed by atoms with Crippen LogP contribution < -0.4 is 5.49 Å². The molecule has 1 aliphatic carbocycles. The first-order valence-corrected chi connectivity index (χ1v) is 9.91. The molecular weight excluding hydrogens is 433 g/mol. The van der Waals surface area contributed by atoms with Gasteiger partial charge in [-0.15, -0.1) is 0 Å². The molecule has 0 saturated carbocycles. The molecule has 0 fully saturated rings. The largest absolute Gasteiger partial charge is 0.395 e. The van der Waals surface area contributed by atoms with Crippen molar-refractivity contribution in [2.24, 2.45) is 23.9 Å². The number of fused-ring (bicyclic) bond motifs is 1. The molecule has 0 bridgehead atoms. The van der Waals surface area contributed by atoms with Crippen molar-refractivity contribution in [3.05, 3.63) is 51.8 Å². The van der Waals surface area contributed by atoms with Crippen LogP contribution in [0.5, 0.6) is 0 Å². The third kappa shape index (κ3) is 4.71. The fraction of sp³-hybridized carbons (Fsp3) is 0.450. The second-order valence-corrected chi connectivity index (χ2v) is 7.28. The van der Waals surface area contributed by atoms with Crippen LogP contribution in [0.25, 0.3) is 11.0 Å². The molecule has 2 aromatic rings. The second-order valence-electron chi connectivity index (χ2n) is 6.37. The van der Waals surface area contributed by atoms with E-state index in [9.17, 15) is 13.2 Å². The quantitative estimate of drug-likeness (QED) is 0.616.